The van der Waals surface area contributed by atoms with Gasteiger partial charge in [-0.2, -0.15) is 0 Å². The standard InChI is InChI=1S/C28H31F5N4O3/c1-40-19-2-3-24-20(14-19)25(17(15-29)16-35-24)21(30)4-5-28(27(38)36-39)6-9-37(10-7-28)11-8-34-18-12-22(31)26(33)23(32)13-18/h2-3,12-14,16,21,34,39H,4-11,15H2,1H3,(H,36,38)/t21-/m1/s1. The first-order valence-corrected chi connectivity index (χ1v) is 12.9. The van der Waals surface area contributed by atoms with Crippen molar-refractivity contribution in [2.75, 3.05) is 38.6 Å². The summed E-state index contributed by atoms with van der Waals surface area (Å²) in [5.74, 6) is -4.24. The number of ether oxygens (including phenoxy) is 1. The van der Waals surface area contributed by atoms with E-state index in [4.69, 9.17) is 4.74 Å². The number of fused-ring (bicyclic) bond motifs is 1. The number of pyridine rings is 1. The Morgan fingerprint density at radius 3 is 2.50 bits per heavy atom. The monoisotopic (exact) mass is 566 g/mol. The predicted molar refractivity (Wildman–Crippen MR) is 139 cm³/mol. The molecule has 0 aliphatic carbocycles. The first-order chi connectivity index (χ1) is 19.2. The average Bonchev–Trinajstić information content (AvgIpc) is 2.97. The van der Waals surface area contributed by atoms with Crippen LogP contribution in [0.3, 0.4) is 0 Å². The van der Waals surface area contributed by atoms with Crippen molar-refractivity contribution in [2.24, 2.45) is 5.41 Å². The zero-order chi connectivity index (χ0) is 28.9. The summed E-state index contributed by atoms with van der Waals surface area (Å²) in [5, 5.41) is 12.7. The highest BCUT2D eigenvalue weighted by atomic mass is 19.2. The molecular formula is C28H31F5N4O3. The van der Waals surface area contributed by atoms with Gasteiger partial charge in [0.05, 0.1) is 18.0 Å². The van der Waals surface area contributed by atoms with E-state index in [0.29, 0.717) is 55.7 Å². The fourth-order valence-electron chi connectivity index (χ4n) is 5.31. The maximum atomic E-state index is 15.8. The Kier molecular flexibility index (Phi) is 9.41. The van der Waals surface area contributed by atoms with Gasteiger partial charge in [-0.15, -0.1) is 0 Å². The molecule has 40 heavy (non-hydrogen) atoms. The summed E-state index contributed by atoms with van der Waals surface area (Å²) >= 11 is 0. The summed E-state index contributed by atoms with van der Waals surface area (Å²) in [5.41, 5.74) is 1.57. The Labute approximate surface area is 228 Å². The third-order valence-corrected chi connectivity index (χ3v) is 7.67. The minimum atomic E-state index is -1.59. The largest absolute Gasteiger partial charge is 0.497 e. The number of anilines is 1. The normalized spacial score (nSPS) is 16.1. The maximum absolute atomic E-state index is 15.8. The van der Waals surface area contributed by atoms with Crippen LogP contribution >= 0.6 is 0 Å². The number of benzene rings is 2. The van der Waals surface area contributed by atoms with E-state index in [2.05, 4.69) is 10.3 Å². The van der Waals surface area contributed by atoms with Gasteiger partial charge in [-0.05, 0) is 57.0 Å². The molecule has 1 aliphatic rings. The predicted octanol–water partition coefficient (Wildman–Crippen LogP) is 5.62. The van der Waals surface area contributed by atoms with Crippen LogP contribution in [0.5, 0.6) is 5.75 Å². The van der Waals surface area contributed by atoms with Gasteiger partial charge < -0.3 is 15.0 Å². The number of methoxy groups -OCH3 is 1. The number of carbonyl (C=O) groups excluding carboxylic acids is 1. The third-order valence-electron chi connectivity index (χ3n) is 7.67. The fourth-order valence-corrected chi connectivity index (χ4v) is 5.31. The zero-order valence-electron chi connectivity index (χ0n) is 22.0. The zero-order valence-corrected chi connectivity index (χ0v) is 22.0. The van der Waals surface area contributed by atoms with E-state index in [0.717, 1.165) is 12.1 Å². The first-order valence-electron chi connectivity index (χ1n) is 12.9. The smallest absolute Gasteiger partial charge is 0.249 e. The summed E-state index contributed by atoms with van der Waals surface area (Å²) in [7, 11) is 1.47. The molecule has 0 saturated carbocycles. The van der Waals surface area contributed by atoms with E-state index < -0.39 is 41.6 Å². The maximum Gasteiger partial charge on any atom is 0.249 e. The molecule has 7 nitrogen and oxygen atoms in total. The molecular weight excluding hydrogens is 535 g/mol. The van der Waals surface area contributed by atoms with Crippen molar-refractivity contribution in [1.82, 2.24) is 15.4 Å². The summed E-state index contributed by atoms with van der Waals surface area (Å²) < 4.78 is 74.9. The molecule has 0 spiro atoms. The second-order valence-corrected chi connectivity index (χ2v) is 9.96. The highest BCUT2D eigenvalue weighted by molar-refractivity contribution is 5.85. The van der Waals surface area contributed by atoms with Gasteiger partial charge in [-0.1, -0.05) is 0 Å². The molecule has 1 aliphatic heterocycles. The van der Waals surface area contributed by atoms with Crippen molar-refractivity contribution >= 4 is 22.5 Å². The molecule has 1 atom stereocenters. The Morgan fingerprint density at radius 1 is 1.18 bits per heavy atom. The van der Waals surface area contributed by atoms with E-state index in [1.54, 1.807) is 23.7 Å². The lowest BCUT2D eigenvalue weighted by Gasteiger charge is -2.40. The first kappa shape index (κ1) is 29.5. The topological polar surface area (TPSA) is 86.7 Å². The number of nitrogens with one attached hydrogen (secondary N) is 2. The highest BCUT2D eigenvalue weighted by Crippen LogP contribution is 2.41. The van der Waals surface area contributed by atoms with Crippen LogP contribution in [0.15, 0.2) is 36.5 Å². The second-order valence-electron chi connectivity index (χ2n) is 9.96. The number of likely N-dealkylation sites (tertiary alicyclic amines) is 1. The summed E-state index contributed by atoms with van der Waals surface area (Å²) in [6.07, 6.45) is 0.402. The van der Waals surface area contributed by atoms with Crippen LogP contribution < -0.4 is 15.5 Å². The Hall–Kier alpha value is -3.51. The van der Waals surface area contributed by atoms with Crippen LogP contribution in [-0.2, 0) is 11.5 Å². The quantitative estimate of drug-likeness (QED) is 0.121. The van der Waals surface area contributed by atoms with Crippen molar-refractivity contribution in [2.45, 2.75) is 38.5 Å². The van der Waals surface area contributed by atoms with Crippen LogP contribution in [0.1, 0.15) is 43.0 Å². The van der Waals surface area contributed by atoms with Gasteiger partial charge in [0.15, 0.2) is 17.5 Å². The molecule has 2 aromatic carbocycles. The van der Waals surface area contributed by atoms with E-state index in [-0.39, 0.29) is 29.7 Å². The molecule has 1 amide bonds. The lowest BCUT2D eigenvalue weighted by atomic mass is 9.73. The van der Waals surface area contributed by atoms with Gasteiger partial charge >= 0.3 is 0 Å². The van der Waals surface area contributed by atoms with Crippen molar-refractivity contribution in [3.8, 4) is 5.75 Å². The molecule has 4 rings (SSSR count). The highest BCUT2D eigenvalue weighted by Gasteiger charge is 2.41. The molecule has 1 saturated heterocycles. The molecule has 216 valence electrons. The Morgan fingerprint density at radius 2 is 1.88 bits per heavy atom. The Bertz CT molecular complexity index is 1320. The van der Waals surface area contributed by atoms with Crippen molar-refractivity contribution in [1.29, 1.82) is 0 Å². The van der Waals surface area contributed by atoms with Crippen LogP contribution in [0.25, 0.3) is 10.9 Å². The van der Waals surface area contributed by atoms with Gasteiger partial charge in [0, 0.05) is 53.6 Å². The molecule has 3 N–H and O–H groups in total. The minimum Gasteiger partial charge on any atom is -0.497 e. The number of carbonyl (C=O) groups is 1. The van der Waals surface area contributed by atoms with Gasteiger partial charge in [0.25, 0.3) is 0 Å². The van der Waals surface area contributed by atoms with Crippen LogP contribution in [0.2, 0.25) is 0 Å². The summed E-state index contributed by atoms with van der Waals surface area (Å²) in [4.78, 5) is 19.0. The summed E-state index contributed by atoms with van der Waals surface area (Å²) in [6, 6.07) is 6.70. The van der Waals surface area contributed by atoms with Gasteiger partial charge in [-0.3, -0.25) is 15.0 Å². The molecule has 12 heteroatoms. The second kappa shape index (κ2) is 12.8. The number of rotatable bonds is 11. The molecule has 2 heterocycles. The van der Waals surface area contributed by atoms with E-state index >= 15 is 4.39 Å². The van der Waals surface area contributed by atoms with Gasteiger partial charge in [-0.25, -0.2) is 27.4 Å². The molecule has 0 radical (unpaired) electrons. The molecule has 3 aromatic rings. The molecule has 0 unspecified atom stereocenters. The van der Waals surface area contributed by atoms with Crippen molar-refractivity contribution < 1.29 is 36.7 Å². The number of hydroxylamine groups is 1. The van der Waals surface area contributed by atoms with Gasteiger partial charge in [0.2, 0.25) is 5.91 Å². The summed E-state index contributed by atoms with van der Waals surface area (Å²) in [6.45, 7) is 0.764. The van der Waals surface area contributed by atoms with E-state index in [9.17, 15) is 27.6 Å². The lowest BCUT2D eigenvalue weighted by Crippen LogP contribution is -2.49. The number of amides is 1. The number of nitrogens with zero attached hydrogens (tertiary/aromatic N) is 2. The number of halogens is 5. The lowest BCUT2D eigenvalue weighted by molar-refractivity contribution is -0.143. The SMILES string of the molecule is COc1ccc2ncc(CF)c([C@H](F)CCC3(C(=O)NO)CCN(CCNc4cc(F)c(F)c(F)c4)CC3)c2c1. The van der Waals surface area contributed by atoms with E-state index in [1.165, 1.54) is 13.3 Å². The molecule has 1 fully saturated rings. The van der Waals surface area contributed by atoms with Gasteiger partial charge in [0.1, 0.15) is 18.6 Å². The van der Waals surface area contributed by atoms with Crippen LogP contribution in [0, 0.1) is 22.9 Å². The number of aromatic nitrogens is 1. The van der Waals surface area contributed by atoms with Crippen molar-refractivity contribution in [3.63, 3.8) is 0 Å². The van der Waals surface area contributed by atoms with Crippen LogP contribution in [0.4, 0.5) is 27.6 Å². The average molecular weight is 567 g/mol. The van der Waals surface area contributed by atoms with E-state index in [1.807, 2.05) is 4.90 Å². The number of hydrogen-bond donors (Lipinski definition) is 3. The fraction of sp³-hybridized carbons (Fsp3) is 0.429. The molecule has 0 bridgehead atoms. The minimum absolute atomic E-state index is 0.0833. The van der Waals surface area contributed by atoms with Crippen molar-refractivity contribution in [3.05, 3.63) is 65.1 Å². The number of hydrogen-bond acceptors (Lipinski definition) is 6. The third kappa shape index (κ3) is 6.28. The Balaban J connectivity index is 1.41. The van der Waals surface area contributed by atoms with Crippen LogP contribution in [-0.4, -0.2) is 54.3 Å². The number of piperidine rings is 1. The molecule has 1 aromatic heterocycles. The number of alkyl halides is 2.